The highest BCUT2D eigenvalue weighted by Crippen LogP contribution is 1.83. The molecule has 0 fully saturated rings. The van der Waals surface area contributed by atoms with Crippen molar-refractivity contribution in [3.05, 3.63) is 12.7 Å². The van der Waals surface area contributed by atoms with Crippen LogP contribution in [0.3, 0.4) is 0 Å². The Labute approximate surface area is 114 Å². The topological polar surface area (TPSA) is 117 Å². The van der Waals surface area contributed by atoms with Crippen molar-refractivity contribution in [2.45, 2.75) is 13.0 Å². The minimum Gasteiger partial charge on any atom is -0.726 e. The number of esters is 1. The number of ether oxygens (including phenoxy) is 1. The number of carbonyl (C=O) groups is 1. The van der Waals surface area contributed by atoms with Crippen molar-refractivity contribution >= 4 is 16.4 Å². The number of hydrogen-bond donors (Lipinski definition) is 2. The van der Waals surface area contributed by atoms with E-state index in [9.17, 15) is 17.8 Å². The van der Waals surface area contributed by atoms with Crippen molar-refractivity contribution < 1.29 is 36.7 Å². The molecule has 0 radical (unpaired) electrons. The van der Waals surface area contributed by atoms with Gasteiger partial charge in [-0.05, 0) is 6.92 Å². The molecular formula is C10H23NO7S. The van der Waals surface area contributed by atoms with Crippen LogP contribution in [0.25, 0.3) is 0 Å². The van der Waals surface area contributed by atoms with Gasteiger partial charge in [-0.1, -0.05) is 6.58 Å². The highest BCUT2D eigenvalue weighted by molar-refractivity contribution is 7.80. The molecule has 0 bridgehead atoms. The van der Waals surface area contributed by atoms with Gasteiger partial charge >= 0.3 is 5.97 Å². The smallest absolute Gasteiger partial charge is 0.330 e. The maximum Gasteiger partial charge on any atom is 0.330 e. The van der Waals surface area contributed by atoms with Gasteiger partial charge in [-0.3, -0.25) is 4.18 Å². The third-order valence-corrected chi connectivity index (χ3v) is 1.25. The van der Waals surface area contributed by atoms with Crippen molar-refractivity contribution in [1.29, 1.82) is 0 Å². The van der Waals surface area contributed by atoms with E-state index in [4.69, 9.17) is 5.11 Å². The molecule has 0 amide bonds. The van der Waals surface area contributed by atoms with Gasteiger partial charge < -0.3 is 19.3 Å². The van der Waals surface area contributed by atoms with E-state index < -0.39 is 22.5 Å². The van der Waals surface area contributed by atoms with E-state index in [1.165, 1.54) is 11.8 Å². The standard InChI is InChI=1S/C6H10O3.C3H9N.CH4O4S/c1-3-6(8)9-4-5(2)7;1-4(2)3;1-5-6(2,3)4/h3,5,7H,1,4H2,2H3;1-3H3;1H3,(H,2,3,4). The van der Waals surface area contributed by atoms with Gasteiger partial charge in [-0.25, -0.2) is 13.2 Å². The van der Waals surface area contributed by atoms with E-state index >= 15 is 0 Å². The number of quaternary nitrogens is 1. The van der Waals surface area contributed by atoms with Crippen LogP contribution in [0.4, 0.5) is 0 Å². The minimum absolute atomic E-state index is 0.0326. The lowest BCUT2D eigenvalue weighted by Gasteiger charge is -2.02. The van der Waals surface area contributed by atoms with Gasteiger partial charge in [-0.2, -0.15) is 0 Å². The number of aliphatic hydroxyl groups excluding tert-OH is 1. The summed E-state index contributed by atoms with van der Waals surface area (Å²) in [5.74, 6) is -0.504. The molecule has 0 saturated carbocycles. The molecule has 0 aliphatic rings. The molecule has 1 atom stereocenters. The first-order valence-corrected chi connectivity index (χ1v) is 6.55. The van der Waals surface area contributed by atoms with Crippen LogP contribution in [0.5, 0.6) is 0 Å². The summed E-state index contributed by atoms with van der Waals surface area (Å²) in [5.41, 5.74) is 0. The summed E-state index contributed by atoms with van der Waals surface area (Å²) in [7, 11) is 2.65. The number of aliphatic hydroxyl groups is 1. The third-order valence-electron chi connectivity index (χ3n) is 0.838. The highest BCUT2D eigenvalue weighted by atomic mass is 32.3. The maximum atomic E-state index is 10.3. The Bertz CT molecular complexity index is 322. The molecular weight excluding hydrogens is 278 g/mol. The van der Waals surface area contributed by atoms with Crippen molar-refractivity contribution in [2.75, 3.05) is 34.9 Å². The van der Waals surface area contributed by atoms with Gasteiger partial charge in [0.2, 0.25) is 10.4 Å². The second-order valence-corrected chi connectivity index (χ2v) is 4.91. The van der Waals surface area contributed by atoms with Crippen LogP contribution in [-0.2, 0) is 24.1 Å². The fraction of sp³-hybridized carbons (Fsp3) is 0.700. The lowest BCUT2D eigenvalue weighted by atomic mass is 10.4. The van der Waals surface area contributed by atoms with E-state index in [0.29, 0.717) is 0 Å². The Hall–Kier alpha value is -1.00. The van der Waals surface area contributed by atoms with E-state index in [0.717, 1.165) is 13.2 Å². The molecule has 0 aromatic rings. The Morgan fingerprint density at radius 1 is 1.47 bits per heavy atom. The zero-order valence-corrected chi connectivity index (χ0v) is 12.7. The van der Waals surface area contributed by atoms with E-state index in [1.54, 1.807) is 0 Å². The molecule has 19 heavy (non-hydrogen) atoms. The maximum absolute atomic E-state index is 10.3. The van der Waals surface area contributed by atoms with Crippen molar-refractivity contribution in [3.8, 4) is 0 Å². The molecule has 9 heteroatoms. The second-order valence-electron chi connectivity index (χ2n) is 3.76. The van der Waals surface area contributed by atoms with Crippen LogP contribution < -0.4 is 4.90 Å². The molecule has 0 aromatic heterocycles. The predicted octanol–water partition coefficient (Wildman–Crippen LogP) is -2.05. The molecule has 0 aromatic carbocycles. The van der Waals surface area contributed by atoms with Gasteiger partial charge in [0.05, 0.1) is 34.4 Å². The van der Waals surface area contributed by atoms with Gasteiger partial charge in [0, 0.05) is 6.08 Å². The molecule has 0 saturated heterocycles. The molecule has 0 aliphatic carbocycles. The fourth-order valence-electron chi connectivity index (χ4n) is 0.262. The molecule has 0 aliphatic heterocycles. The lowest BCUT2D eigenvalue weighted by Crippen LogP contribution is -3.02. The first kappa shape index (κ1) is 23.1. The van der Waals surface area contributed by atoms with Crippen molar-refractivity contribution in [2.24, 2.45) is 0 Å². The van der Waals surface area contributed by atoms with Gasteiger partial charge in [0.1, 0.15) is 6.61 Å². The van der Waals surface area contributed by atoms with E-state index in [2.05, 4.69) is 36.6 Å². The molecule has 116 valence electrons. The van der Waals surface area contributed by atoms with Gasteiger partial charge in [0.25, 0.3) is 0 Å². The first-order valence-electron chi connectivity index (χ1n) is 5.21. The van der Waals surface area contributed by atoms with Gasteiger partial charge in [0.15, 0.2) is 0 Å². The molecule has 0 heterocycles. The largest absolute Gasteiger partial charge is 0.726 e. The lowest BCUT2D eigenvalue weighted by molar-refractivity contribution is -0.836. The number of carbonyl (C=O) groups excluding carboxylic acids is 1. The van der Waals surface area contributed by atoms with Crippen LogP contribution >= 0.6 is 0 Å². The second kappa shape index (κ2) is 13.4. The Kier molecular flexibility index (Phi) is 16.3. The van der Waals surface area contributed by atoms with Crippen LogP contribution in [0, 0.1) is 0 Å². The molecule has 0 rings (SSSR count). The van der Waals surface area contributed by atoms with E-state index in [-0.39, 0.29) is 6.61 Å². The summed E-state index contributed by atoms with van der Waals surface area (Å²) < 4.78 is 35.5. The van der Waals surface area contributed by atoms with Crippen LogP contribution in [0.15, 0.2) is 12.7 Å². The van der Waals surface area contributed by atoms with Crippen LogP contribution in [0.2, 0.25) is 0 Å². The Balaban J connectivity index is -0.000000222. The first-order chi connectivity index (χ1) is 8.46. The number of rotatable bonds is 4. The summed E-state index contributed by atoms with van der Waals surface area (Å²) in [6.07, 6.45) is 0.455. The highest BCUT2D eigenvalue weighted by Gasteiger charge is 1.98. The fourth-order valence-corrected chi connectivity index (χ4v) is 0.262. The predicted molar refractivity (Wildman–Crippen MR) is 68.3 cm³/mol. The monoisotopic (exact) mass is 301 g/mol. The Morgan fingerprint density at radius 3 is 1.95 bits per heavy atom. The third kappa shape index (κ3) is 47.2. The number of hydrogen-bond acceptors (Lipinski definition) is 7. The van der Waals surface area contributed by atoms with Crippen LogP contribution in [0.1, 0.15) is 6.92 Å². The zero-order valence-electron chi connectivity index (χ0n) is 11.9. The summed E-state index contributed by atoms with van der Waals surface area (Å²) >= 11 is 0. The molecule has 8 nitrogen and oxygen atoms in total. The SMILES string of the molecule is C=CC(=O)OCC(C)O.COS(=O)(=O)[O-].C[NH+](C)C. The van der Waals surface area contributed by atoms with E-state index in [1.807, 2.05) is 0 Å². The quantitative estimate of drug-likeness (QED) is 0.265. The van der Waals surface area contributed by atoms with Crippen molar-refractivity contribution in [3.63, 3.8) is 0 Å². The summed E-state index contributed by atoms with van der Waals surface area (Å²) in [5, 5.41) is 8.59. The van der Waals surface area contributed by atoms with Crippen LogP contribution in [-0.4, -0.2) is 65.0 Å². The molecule has 1 unspecified atom stereocenters. The zero-order chi connectivity index (χ0) is 16.1. The normalized spacial score (nSPS) is 11.4. The summed E-state index contributed by atoms with van der Waals surface area (Å²) in [6, 6.07) is 0. The Morgan fingerprint density at radius 2 is 1.79 bits per heavy atom. The average Bonchev–Trinajstić information content (AvgIpc) is 2.25. The van der Waals surface area contributed by atoms with Crippen molar-refractivity contribution in [1.82, 2.24) is 0 Å². The summed E-state index contributed by atoms with van der Waals surface area (Å²) in [4.78, 5) is 11.7. The minimum atomic E-state index is -4.41. The molecule has 0 spiro atoms. The number of nitrogens with one attached hydrogen (secondary N) is 1. The molecule has 2 N–H and O–H groups in total. The average molecular weight is 301 g/mol. The van der Waals surface area contributed by atoms with Gasteiger partial charge in [-0.15, -0.1) is 0 Å². The summed E-state index contributed by atoms with van der Waals surface area (Å²) in [6.45, 7) is 4.75.